The molecular formula is C15H28BrN3O. The van der Waals surface area contributed by atoms with Gasteiger partial charge in [-0.25, -0.2) is 0 Å². The van der Waals surface area contributed by atoms with Crippen LogP contribution in [-0.2, 0) is 18.2 Å². The second-order valence-corrected chi connectivity index (χ2v) is 7.23. The molecule has 0 aromatic carbocycles. The topological polar surface area (TPSA) is 39.1 Å². The zero-order valence-corrected chi connectivity index (χ0v) is 15.2. The van der Waals surface area contributed by atoms with Crippen LogP contribution >= 0.6 is 15.9 Å². The van der Waals surface area contributed by atoms with E-state index in [0.29, 0.717) is 5.92 Å². The second-order valence-electron chi connectivity index (χ2n) is 6.43. The molecule has 116 valence electrons. The fourth-order valence-corrected chi connectivity index (χ4v) is 2.77. The summed E-state index contributed by atoms with van der Waals surface area (Å²) in [6.07, 6.45) is 1.02. The van der Waals surface area contributed by atoms with Crippen LogP contribution in [0.4, 0.5) is 0 Å². The van der Waals surface area contributed by atoms with E-state index in [4.69, 9.17) is 4.74 Å². The number of hydrogen-bond acceptors (Lipinski definition) is 3. The van der Waals surface area contributed by atoms with Crippen LogP contribution in [0, 0.1) is 18.3 Å². The van der Waals surface area contributed by atoms with Crippen LogP contribution in [0.3, 0.4) is 0 Å². The number of ether oxygens (including phenoxy) is 1. The predicted octanol–water partition coefficient (Wildman–Crippen LogP) is 2.93. The molecule has 0 amide bonds. The molecule has 4 nitrogen and oxygen atoms in total. The van der Waals surface area contributed by atoms with Gasteiger partial charge in [-0.05, 0) is 47.2 Å². The van der Waals surface area contributed by atoms with Crippen LogP contribution in [0.15, 0.2) is 4.47 Å². The summed E-state index contributed by atoms with van der Waals surface area (Å²) in [6, 6.07) is 0. The number of hydrogen-bond donors (Lipinski definition) is 1. The van der Waals surface area contributed by atoms with E-state index < -0.39 is 0 Å². The monoisotopic (exact) mass is 345 g/mol. The number of nitrogens with one attached hydrogen (secondary N) is 1. The van der Waals surface area contributed by atoms with Crippen molar-refractivity contribution in [2.45, 2.75) is 34.1 Å². The van der Waals surface area contributed by atoms with Crippen molar-refractivity contribution < 1.29 is 4.74 Å². The summed E-state index contributed by atoms with van der Waals surface area (Å²) in [4.78, 5) is 0. The lowest BCUT2D eigenvalue weighted by Gasteiger charge is -2.31. The SMILES string of the molecule is COCCNCC(Cc1c(Br)c(C)nn1C)C(C)(C)C. The van der Waals surface area contributed by atoms with Gasteiger partial charge in [0.25, 0.3) is 0 Å². The quantitative estimate of drug-likeness (QED) is 0.772. The van der Waals surface area contributed by atoms with Crippen LogP contribution in [0.1, 0.15) is 32.2 Å². The molecular weight excluding hydrogens is 318 g/mol. The summed E-state index contributed by atoms with van der Waals surface area (Å²) in [5, 5.41) is 7.97. The number of nitrogens with zero attached hydrogens (tertiary/aromatic N) is 2. The van der Waals surface area contributed by atoms with Gasteiger partial charge in [0.15, 0.2) is 0 Å². The minimum Gasteiger partial charge on any atom is -0.383 e. The van der Waals surface area contributed by atoms with Crippen molar-refractivity contribution in [1.82, 2.24) is 15.1 Å². The molecule has 0 saturated carbocycles. The summed E-state index contributed by atoms with van der Waals surface area (Å²) >= 11 is 3.67. The van der Waals surface area contributed by atoms with Gasteiger partial charge in [0, 0.05) is 20.7 Å². The minimum atomic E-state index is 0.248. The molecule has 0 aliphatic carbocycles. The van der Waals surface area contributed by atoms with Gasteiger partial charge in [0.1, 0.15) is 0 Å². The Morgan fingerprint density at radius 1 is 1.40 bits per heavy atom. The first kappa shape index (κ1) is 17.7. The smallest absolute Gasteiger partial charge is 0.0738 e. The summed E-state index contributed by atoms with van der Waals surface area (Å²) in [5.74, 6) is 0.547. The Bertz CT molecular complexity index is 423. The molecule has 1 heterocycles. The minimum absolute atomic E-state index is 0.248. The first-order valence-electron chi connectivity index (χ1n) is 7.15. The van der Waals surface area contributed by atoms with Crippen molar-refractivity contribution >= 4 is 15.9 Å². The fourth-order valence-electron chi connectivity index (χ4n) is 2.27. The van der Waals surface area contributed by atoms with Crippen LogP contribution in [0.5, 0.6) is 0 Å². The van der Waals surface area contributed by atoms with Gasteiger partial charge in [0.05, 0.1) is 22.5 Å². The van der Waals surface area contributed by atoms with Gasteiger partial charge in [-0.2, -0.15) is 5.10 Å². The van der Waals surface area contributed by atoms with Crippen molar-refractivity contribution in [1.29, 1.82) is 0 Å². The molecule has 1 aromatic heterocycles. The van der Waals surface area contributed by atoms with Gasteiger partial charge in [0.2, 0.25) is 0 Å². The molecule has 5 heteroatoms. The Morgan fingerprint density at radius 3 is 2.50 bits per heavy atom. The normalized spacial score (nSPS) is 13.8. The highest BCUT2D eigenvalue weighted by Gasteiger charge is 2.27. The molecule has 0 aliphatic rings. The maximum Gasteiger partial charge on any atom is 0.0738 e. The summed E-state index contributed by atoms with van der Waals surface area (Å²) in [7, 11) is 3.75. The molecule has 0 radical (unpaired) electrons. The molecule has 1 aromatic rings. The number of halogens is 1. The second kappa shape index (κ2) is 7.57. The van der Waals surface area contributed by atoms with E-state index in [1.165, 1.54) is 5.69 Å². The third kappa shape index (κ3) is 4.86. The molecule has 0 spiro atoms. The van der Waals surface area contributed by atoms with Crippen molar-refractivity contribution in [3.05, 3.63) is 15.9 Å². The predicted molar refractivity (Wildman–Crippen MR) is 87.0 cm³/mol. The largest absolute Gasteiger partial charge is 0.383 e. The summed E-state index contributed by atoms with van der Waals surface area (Å²) in [5.41, 5.74) is 2.58. The first-order valence-corrected chi connectivity index (χ1v) is 7.94. The van der Waals surface area contributed by atoms with Crippen molar-refractivity contribution in [2.24, 2.45) is 18.4 Å². The molecule has 1 unspecified atom stereocenters. The Morgan fingerprint density at radius 2 is 2.05 bits per heavy atom. The maximum atomic E-state index is 5.08. The molecule has 1 rings (SSSR count). The van der Waals surface area contributed by atoms with Crippen molar-refractivity contribution in [2.75, 3.05) is 26.8 Å². The Hall–Kier alpha value is -0.390. The summed E-state index contributed by atoms with van der Waals surface area (Å²) in [6.45, 7) is 11.6. The Balaban J connectivity index is 2.74. The van der Waals surface area contributed by atoms with E-state index >= 15 is 0 Å². The Labute approximate surface area is 131 Å². The van der Waals surface area contributed by atoms with Crippen LogP contribution in [-0.4, -0.2) is 36.6 Å². The average Bonchev–Trinajstić information content (AvgIpc) is 2.57. The van der Waals surface area contributed by atoms with Gasteiger partial charge in [-0.15, -0.1) is 0 Å². The third-order valence-corrected chi connectivity index (χ3v) is 4.83. The van der Waals surface area contributed by atoms with Crippen molar-refractivity contribution in [3.8, 4) is 0 Å². The highest BCUT2D eigenvalue weighted by atomic mass is 79.9. The molecule has 20 heavy (non-hydrogen) atoms. The highest BCUT2D eigenvalue weighted by Crippen LogP contribution is 2.31. The van der Waals surface area contributed by atoms with Gasteiger partial charge < -0.3 is 10.1 Å². The molecule has 0 aliphatic heterocycles. The fraction of sp³-hybridized carbons (Fsp3) is 0.800. The van der Waals surface area contributed by atoms with E-state index in [9.17, 15) is 0 Å². The summed E-state index contributed by atoms with van der Waals surface area (Å²) < 4.78 is 8.22. The van der Waals surface area contributed by atoms with E-state index in [0.717, 1.165) is 36.3 Å². The lowest BCUT2D eigenvalue weighted by molar-refractivity contribution is 0.185. The number of aryl methyl sites for hydroxylation is 2. The molecule has 1 atom stereocenters. The first-order chi connectivity index (χ1) is 9.27. The maximum absolute atomic E-state index is 5.08. The van der Waals surface area contributed by atoms with Gasteiger partial charge >= 0.3 is 0 Å². The number of aromatic nitrogens is 2. The highest BCUT2D eigenvalue weighted by molar-refractivity contribution is 9.10. The van der Waals surface area contributed by atoms with E-state index in [1.54, 1.807) is 7.11 Å². The van der Waals surface area contributed by atoms with Gasteiger partial charge in [-0.1, -0.05) is 20.8 Å². The molecule has 0 bridgehead atoms. The molecule has 1 N–H and O–H groups in total. The lowest BCUT2D eigenvalue weighted by Crippen LogP contribution is -2.35. The van der Waals surface area contributed by atoms with E-state index in [-0.39, 0.29) is 5.41 Å². The van der Waals surface area contributed by atoms with E-state index in [1.807, 2.05) is 18.7 Å². The number of methoxy groups -OCH3 is 1. The third-order valence-electron chi connectivity index (χ3n) is 3.80. The number of rotatable bonds is 7. The standard InChI is InChI=1S/C15H28BrN3O/c1-11-14(16)13(19(5)18-11)9-12(15(2,3)4)10-17-7-8-20-6/h12,17H,7-10H2,1-6H3. The van der Waals surface area contributed by atoms with E-state index in [2.05, 4.69) is 47.1 Å². The van der Waals surface area contributed by atoms with Crippen molar-refractivity contribution in [3.63, 3.8) is 0 Å². The molecule has 0 saturated heterocycles. The zero-order valence-electron chi connectivity index (χ0n) is 13.6. The zero-order chi connectivity index (χ0) is 15.3. The lowest BCUT2D eigenvalue weighted by atomic mass is 9.78. The van der Waals surface area contributed by atoms with Gasteiger partial charge in [-0.3, -0.25) is 4.68 Å². The van der Waals surface area contributed by atoms with Crippen LogP contribution < -0.4 is 5.32 Å². The van der Waals surface area contributed by atoms with Crippen LogP contribution in [0.2, 0.25) is 0 Å². The van der Waals surface area contributed by atoms with Crippen LogP contribution in [0.25, 0.3) is 0 Å². The Kier molecular flexibility index (Phi) is 6.69. The average molecular weight is 346 g/mol. The molecule has 0 fully saturated rings.